The molecule has 0 spiro atoms. The van der Waals surface area contributed by atoms with Crippen LogP contribution >= 0.6 is 11.5 Å². The van der Waals surface area contributed by atoms with Crippen LogP contribution in [-0.4, -0.2) is 34.7 Å². The van der Waals surface area contributed by atoms with E-state index in [1.807, 2.05) is 13.8 Å². The van der Waals surface area contributed by atoms with Crippen LogP contribution < -0.4 is 5.32 Å². The first-order valence-electron chi connectivity index (χ1n) is 4.86. The highest BCUT2D eigenvalue weighted by Crippen LogP contribution is 2.25. The lowest BCUT2D eigenvalue weighted by atomic mass is 10.1. The first-order valence-corrected chi connectivity index (χ1v) is 5.63. The van der Waals surface area contributed by atoms with Gasteiger partial charge in [0.25, 0.3) is 0 Å². The van der Waals surface area contributed by atoms with Crippen LogP contribution in [0.1, 0.15) is 29.9 Å². The van der Waals surface area contributed by atoms with Gasteiger partial charge < -0.3 is 15.2 Å². The van der Waals surface area contributed by atoms with Crippen LogP contribution in [0.5, 0.6) is 0 Å². The Hall–Kier alpha value is -1.14. The summed E-state index contributed by atoms with van der Waals surface area (Å²) >= 11 is 1.16. The molecule has 1 aromatic rings. The number of methoxy groups -OCH3 is 1. The van der Waals surface area contributed by atoms with E-state index >= 15 is 0 Å². The van der Waals surface area contributed by atoms with E-state index in [2.05, 4.69) is 9.69 Å². The molecule has 1 heterocycles. The number of nitrogens with zero attached hydrogens (tertiary/aromatic N) is 1. The molecule has 5 nitrogen and oxygen atoms in total. The van der Waals surface area contributed by atoms with Crippen molar-refractivity contribution >= 4 is 22.5 Å². The van der Waals surface area contributed by atoms with E-state index in [1.54, 1.807) is 14.0 Å². The van der Waals surface area contributed by atoms with E-state index in [1.165, 1.54) is 0 Å². The van der Waals surface area contributed by atoms with Crippen molar-refractivity contribution in [2.45, 2.75) is 26.4 Å². The van der Waals surface area contributed by atoms with Gasteiger partial charge in [0.05, 0.1) is 11.3 Å². The Bertz CT molecular complexity index is 387. The topological polar surface area (TPSA) is 71.5 Å². The third-order valence-electron chi connectivity index (χ3n) is 2.30. The van der Waals surface area contributed by atoms with Gasteiger partial charge in [0.1, 0.15) is 10.6 Å². The molecule has 0 unspecified atom stereocenters. The second-order valence-electron chi connectivity index (χ2n) is 4.09. The van der Waals surface area contributed by atoms with Gasteiger partial charge in [-0.1, -0.05) is 0 Å². The van der Waals surface area contributed by atoms with Crippen LogP contribution in [0.2, 0.25) is 0 Å². The number of carbonyl (C=O) groups is 1. The van der Waals surface area contributed by atoms with Gasteiger partial charge in [0.15, 0.2) is 0 Å². The number of carboxylic acids is 1. The fourth-order valence-corrected chi connectivity index (χ4v) is 1.89. The van der Waals surface area contributed by atoms with Gasteiger partial charge in [0.2, 0.25) is 0 Å². The van der Waals surface area contributed by atoms with Gasteiger partial charge >= 0.3 is 5.97 Å². The molecular weight excluding hydrogens is 228 g/mol. The Balaban J connectivity index is 2.79. The van der Waals surface area contributed by atoms with E-state index < -0.39 is 5.97 Å². The third-order valence-corrected chi connectivity index (χ3v) is 3.20. The molecule has 0 radical (unpaired) electrons. The van der Waals surface area contributed by atoms with E-state index in [-0.39, 0.29) is 11.2 Å². The van der Waals surface area contributed by atoms with Gasteiger partial charge in [0, 0.05) is 13.7 Å². The predicted octanol–water partition coefficient (Wildman–Crippen LogP) is 1.99. The summed E-state index contributed by atoms with van der Waals surface area (Å²) in [6.45, 7) is 6.07. The minimum atomic E-state index is -0.955. The molecule has 0 saturated carbocycles. The zero-order chi connectivity index (χ0) is 12.3. The van der Waals surface area contributed by atoms with Crippen molar-refractivity contribution in [1.29, 1.82) is 0 Å². The number of ether oxygens (including phenoxy) is 1. The molecule has 0 aliphatic carbocycles. The SMILES string of the molecule is COC(C)(C)CNc1snc(C)c1C(=O)O. The fraction of sp³-hybridized carbons (Fsp3) is 0.600. The van der Waals surface area contributed by atoms with Gasteiger partial charge in [-0.15, -0.1) is 0 Å². The highest BCUT2D eigenvalue weighted by molar-refractivity contribution is 7.10. The summed E-state index contributed by atoms with van der Waals surface area (Å²) in [5.74, 6) is -0.955. The second kappa shape index (κ2) is 4.80. The van der Waals surface area contributed by atoms with Crippen LogP contribution in [0.3, 0.4) is 0 Å². The number of anilines is 1. The van der Waals surface area contributed by atoms with Crippen LogP contribution in [-0.2, 0) is 4.74 Å². The van der Waals surface area contributed by atoms with E-state index in [0.29, 0.717) is 17.2 Å². The van der Waals surface area contributed by atoms with Gasteiger partial charge in [-0.2, -0.15) is 4.37 Å². The number of aryl methyl sites for hydroxylation is 1. The molecule has 2 N–H and O–H groups in total. The quantitative estimate of drug-likeness (QED) is 0.828. The van der Waals surface area contributed by atoms with Crippen molar-refractivity contribution in [2.24, 2.45) is 0 Å². The Morgan fingerprint density at radius 2 is 2.25 bits per heavy atom. The van der Waals surface area contributed by atoms with Crippen LogP contribution in [0, 0.1) is 6.92 Å². The molecule has 0 aliphatic rings. The number of hydrogen-bond acceptors (Lipinski definition) is 5. The zero-order valence-electron chi connectivity index (χ0n) is 9.83. The van der Waals surface area contributed by atoms with Crippen LogP contribution in [0.4, 0.5) is 5.00 Å². The smallest absolute Gasteiger partial charge is 0.340 e. The number of rotatable bonds is 5. The average Bonchev–Trinajstić information content (AvgIpc) is 2.57. The molecule has 0 aromatic carbocycles. The van der Waals surface area contributed by atoms with Gasteiger partial charge in [-0.05, 0) is 32.3 Å². The van der Waals surface area contributed by atoms with Crippen molar-refractivity contribution in [1.82, 2.24) is 4.37 Å². The largest absolute Gasteiger partial charge is 0.478 e. The second-order valence-corrected chi connectivity index (χ2v) is 4.87. The Morgan fingerprint density at radius 3 is 2.75 bits per heavy atom. The molecule has 0 amide bonds. The minimum Gasteiger partial charge on any atom is -0.478 e. The van der Waals surface area contributed by atoms with Gasteiger partial charge in [-0.25, -0.2) is 4.79 Å². The maximum absolute atomic E-state index is 11.0. The minimum absolute atomic E-state index is 0.247. The molecule has 1 rings (SSSR count). The first kappa shape index (κ1) is 12.9. The van der Waals surface area contributed by atoms with Crippen LogP contribution in [0.15, 0.2) is 0 Å². The lowest BCUT2D eigenvalue weighted by molar-refractivity contribution is 0.0343. The lowest BCUT2D eigenvalue weighted by Gasteiger charge is -2.23. The monoisotopic (exact) mass is 244 g/mol. The van der Waals surface area contributed by atoms with Crippen molar-refractivity contribution in [3.05, 3.63) is 11.3 Å². The van der Waals surface area contributed by atoms with Crippen molar-refractivity contribution in [3.8, 4) is 0 Å². The first-order chi connectivity index (χ1) is 7.37. The number of nitrogens with one attached hydrogen (secondary N) is 1. The Labute approximate surface area is 98.6 Å². The summed E-state index contributed by atoms with van der Waals surface area (Å²) < 4.78 is 9.26. The average molecular weight is 244 g/mol. The highest BCUT2D eigenvalue weighted by Gasteiger charge is 2.21. The summed E-state index contributed by atoms with van der Waals surface area (Å²) in [7, 11) is 1.62. The number of carboxylic acid groups (broad SMARTS) is 1. The van der Waals surface area contributed by atoms with Crippen molar-refractivity contribution in [3.63, 3.8) is 0 Å². The van der Waals surface area contributed by atoms with Crippen molar-refractivity contribution in [2.75, 3.05) is 19.0 Å². The lowest BCUT2D eigenvalue weighted by Crippen LogP contribution is -2.32. The van der Waals surface area contributed by atoms with Crippen molar-refractivity contribution < 1.29 is 14.6 Å². The summed E-state index contributed by atoms with van der Waals surface area (Å²) in [4.78, 5) is 11.0. The maximum atomic E-state index is 11.0. The third kappa shape index (κ3) is 2.93. The molecule has 6 heteroatoms. The zero-order valence-corrected chi connectivity index (χ0v) is 10.6. The number of hydrogen-bond donors (Lipinski definition) is 2. The highest BCUT2D eigenvalue weighted by atomic mass is 32.1. The Kier molecular flexibility index (Phi) is 3.88. The van der Waals surface area contributed by atoms with Gasteiger partial charge in [-0.3, -0.25) is 0 Å². The summed E-state index contributed by atoms with van der Waals surface area (Å²) in [6.07, 6.45) is 0. The molecule has 0 atom stereocenters. The molecule has 0 saturated heterocycles. The summed E-state index contributed by atoms with van der Waals surface area (Å²) in [5.41, 5.74) is 0.445. The summed E-state index contributed by atoms with van der Waals surface area (Å²) in [5, 5.41) is 12.7. The molecule has 16 heavy (non-hydrogen) atoms. The number of aromatic nitrogens is 1. The van der Waals surface area contributed by atoms with E-state index in [0.717, 1.165) is 11.5 Å². The molecule has 1 aromatic heterocycles. The molecule has 90 valence electrons. The van der Waals surface area contributed by atoms with E-state index in [4.69, 9.17) is 9.84 Å². The fourth-order valence-electron chi connectivity index (χ4n) is 1.11. The van der Waals surface area contributed by atoms with Crippen LogP contribution in [0.25, 0.3) is 0 Å². The molecule has 0 aliphatic heterocycles. The normalized spacial score (nSPS) is 11.5. The molecule has 0 fully saturated rings. The predicted molar refractivity (Wildman–Crippen MR) is 63.4 cm³/mol. The molecule has 0 bridgehead atoms. The number of aromatic carboxylic acids is 1. The maximum Gasteiger partial charge on any atom is 0.340 e. The molecular formula is C10H16N2O3S. The summed E-state index contributed by atoms with van der Waals surface area (Å²) in [6, 6.07) is 0. The Morgan fingerprint density at radius 1 is 1.62 bits per heavy atom. The van der Waals surface area contributed by atoms with E-state index in [9.17, 15) is 4.79 Å². The standard InChI is InChI=1S/C10H16N2O3S/c1-6-7(9(13)14)8(16-12-6)11-5-10(2,3)15-4/h11H,5H2,1-4H3,(H,13,14).